The normalized spacial score (nSPS) is 11.7. The Morgan fingerprint density at radius 3 is 2.96 bits per heavy atom. The summed E-state index contributed by atoms with van der Waals surface area (Å²) in [6.07, 6.45) is 6.63. The molecule has 3 aromatic heterocycles. The van der Waals surface area contributed by atoms with E-state index in [1.165, 1.54) is 42.3 Å². The summed E-state index contributed by atoms with van der Waals surface area (Å²) in [4.78, 5) is 28.3. The van der Waals surface area contributed by atoms with Crippen LogP contribution >= 0.6 is 11.3 Å². The largest absolute Gasteiger partial charge is 0.479 e. The summed E-state index contributed by atoms with van der Waals surface area (Å²) in [6.45, 7) is 3.07. The second-order valence-electron chi connectivity index (χ2n) is 5.57. The van der Waals surface area contributed by atoms with Crippen LogP contribution in [-0.2, 0) is 21.5 Å². The Morgan fingerprint density at radius 1 is 1.43 bits per heavy atom. The molecule has 2 N–H and O–H groups in total. The Bertz CT molecular complexity index is 876. The molecule has 0 saturated carbocycles. The lowest BCUT2D eigenvalue weighted by molar-refractivity contribution is -0.146. The quantitative estimate of drug-likeness (QED) is 0.738. The molecule has 120 valence electrons. The Morgan fingerprint density at radius 2 is 2.22 bits per heavy atom. The summed E-state index contributed by atoms with van der Waals surface area (Å²) in [5.41, 5.74) is 0.124. The van der Waals surface area contributed by atoms with Crippen molar-refractivity contribution in [3.63, 3.8) is 0 Å². The maximum Gasteiger partial charge on any atom is 0.331 e. The Labute approximate surface area is 135 Å². The number of nitrogens with zero attached hydrogens (tertiary/aromatic N) is 4. The van der Waals surface area contributed by atoms with Crippen molar-refractivity contribution in [1.82, 2.24) is 19.2 Å². The zero-order valence-corrected chi connectivity index (χ0v) is 13.4. The molecule has 3 rings (SSSR count). The van der Waals surface area contributed by atoms with Gasteiger partial charge in [-0.2, -0.15) is 5.10 Å². The number of carbonyl (C=O) groups excluding carboxylic acids is 1. The van der Waals surface area contributed by atoms with Crippen LogP contribution < -0.4 is 5.32 Å². The highest BCUT2D eigenvalue weighted by Crippen LogP contribution is 2.18. The second-order valence-corrected chi connectivity index (χ2v) is 6.41. The third-order valence-corrected chi connectivity index (χ3v) is 4.42. The first-order valence-electron chi connectivity index (χ1n) is 6.86. The SMILES string of the molecule is CC(C)(C(=O)O)n1cc(NC(=O)Cc2csc3nccn23)cn1. The summed E-state index contributed by atoms with van der Waals surface area (Å²) < 4.78 is 3.17. The second kappa shape index (κ2) is 5.51. The first kappa shape index (κ1) is 15.2. The van der Waals surface area contributed by atoms with Crippen LogP contribution in [0.2, 0.25) is 0 Å². The van der Waals surface area contributed by atoms with Gasteiger partial charge in [0.05, 0.1) is 18.3 Å². The molecule has 23 heavy (non-hydrogen) atoms. The van der Waals surface area contributed by atoms with Crippen molar-refractivity contribution >= 4 is 33.9 Å². The van der Waals surface area contributed by atoms with Crippen LogP contribution in [0, 0.1) is 0 Å². The van der Waals surface area contributed by atoms with E-state index in [1.54, 1.807) is 6.20 Å². The number of carboxylic acids is 1. The lowest BCUT2D eigenvalue weighted by atomic mass is 10.1. The Hall–Kier alpha value is -2.68. The van der Waals surface area contributed by atoms with Gasteiger partial charge in [-0.1, -0.05) is 0 Å². The number of carboxylic acid groups (broad SMARTS) is 1. The van der Waals surface area contributed by atoms with Crippen molar-refractivity contribution in [3.8, 4) is 0 Å². The molecule has 3 aromatic rings. The zero-order valence-electron chi connectivity index (χ0n) is 12.6. The van der Waals surface area contributed by atoms with Gasteiger partial charge in [-0.05, 0) is 13.8 Å². The molecule has 0 fully saturated rings. The van der Waals surface area contributed by atoms with E-state index in [2.05, 4.69) is 15.4 Å². The van der Waals surface area contributed by atoms with Gasteiger partial charge in [-0.15, -0.1) is 11.3 Å². The lowest BCUT2D eigenvalue weighted by Gasteiger charge is -2.19. The number of amides is 1. The summed E-state index contributed by atoms with van der Waals surface area (Å²) in [5, 5.41) is 17.8. The van der Waals surface area contributed by atoms with Crippen LogP contribution in [0.4, 0.5) is 5.69 Å². The lowest BCUT2D eigenvalue weighted by Crippen LogP contribution is -2.35. The van der Waals surface area contributed by atoms with Gasteiger partial charge in [0.25, 0.3) is 0 Å². The van der Waals surface area contributed by atoms with Crippen LogP contribution in [0.25, 0.3) is 4.96 Å². The van der Waals surface area contributed by atoms with Crippen molar-refractivity contribution < 1.29 is 14.7 Å². The number of imidazole rings is 1. The molecule has 0 unspecified atom stereocenters. The maximum absolute atomic E-state index is 12.1. The molecule has 0 aliphatic heterocycles. The first-order valence-corrected chi connectivity index (χ1v) is 7.74. The van der Waals surface area contributed by atoms with Crippen LogP contribution in [0.3, 0.4) is 0 Å². The Kier molecular flexibility index (Phi) is 3.64. The molecule has 0 aliphatic rings. The minimum absolute atomic E-state index is 0.198. The topological polar surface area (TPSA) is 102 Å². The highest BCUT2D eigenvalue weighted by Gasteiger charge is 2.30. The van der Waals surface area contributed by atoms with Gasteiger partial charge in [-0.3, -0.25) is 13.9 Å². The average molecular weight is 333 g/mol. The predicted molar refractivity (Wildman–Crippen MR) is 84.6 cm³/mol. The first-order chi connectivity index (χ1) is 10.9. The fraction of sp³-hybridized carbons (Fsp3) is 0.286. The number of hydrogen-bond donors (Lipinski definition) is 2. The van der Waals surface area contributed by atoms with E-state index in [4.69, 9.17) is 0 Å². The van der Waals surface area contributed by atoms with Gasteiger partial charge in [0.2, 0.25) is 5.91 Å². The molecule has 1 amide bonds. The van der Waals surface area contributed by atoms with Gasteiger partial charge < -0.3 is 10.4 Å². The number of nitrogens with one attached hydrogen (secondary N) is 1. The Balaban J connectivity index is 1.70. The highest BCUT2D eigenvalue weighted by molar-refractivity contribution is 7.15. The van der Waals surface area contributed by atoms with E-state index in [-0.39, 0.29) is 12.3 Å². The number of rotatable bonds is 5. The van der Waals surface area contributed by atoms with Crippen molar-refractivity contribution in [2.24, 2.45) is 0 Å². The van der Waals surface area contributed by atoms with Gasteiger partial charge in [0, 0.05) is 29.7 Å². The van der Waals surface area contributed by atoms with E-state index >= 15 is 0 Å². The molecule has 0 bridgehead atoms. The van der Waals surface area contributed by atoms with Gasteiger partial charge in [0.15, 0.2) is 10.5 Å². The van der Waals surface area contributed by atoms with Crippen LogP contribution in [0.15, 0.2) is 30.2 Å². The molecular formula is C14H15N5O3S. The fourth-order valence-corrected chi connectivity index (χ4v) is 2.91. The van der Waals surface area contributed by atoms with Crippen molar-refractivity contribution in [3.05, 3.63) is 35.9 Å². The van der Waals surface area contributed by atoms with E-state index < -0.39 is 11.5 Å². The summed E-state index contributed by atoms with van der Waals surface area (Å²) in [6, 6.07) is 0. The molecule has 0 aliphatic carbocycles. The summed E-state index contributed by atoms with van der Waals surface area (Å²) >= 11 is 1.47. The average Bonchev–Trinajstić information content (AvgIpc) is 3.17. The number of fused-ring (bicyclic) bond motifs is 1. The van der Waals surface area contributed by atoms with E-state index in [0.717, 1.165) is 10.7 Å². The van der Waals surface area contributed by atoms with Crippen LogP contribution in [0.1, 0.15) is 19.5 Å². The van der Waals surface area contributed by atoms with Crippen LogP contribution in [0.5, 0.6) is 0 Å². The minimum Gasteiger partial charge on any atom is -0.479 e. The molecule has 0 saturated heterocycles. The molecule has 9 heteroatoms. The minimum atomic E-state index is -1.18. The molecule has 8 nitrogen and oxygen atoms in total. The van der Waals surface area contributed by atoms with Crippen LogP contribution in [-0.4, -0.2) is 36.1 Å². The number of aliphatic carboxylic acids is 1. The zero-order chi connectivity index (χ0) is 16.6. The van der Waals surface area contributed by atoms with Gasteiger partial charge in [0.1, 0.15) is 0 Å². The predicted octanol–water partition coefficient (Wildman–Crippen LogP) is 1.59. The van der Waals surface area contributed by atoms with Crippen molar-refractivity contribution in [1.29, 1.82) is 0 Å². The van der Waals surface area contributed by atoms with Gasteiger partial charge in [-0.25, -0.2) is 9.78 Å². The molecule has 0 radical (unpaired) electrons. The highest BCUT2D eigenvalue weighted by atomic mass is 32.1. The number of hydrogen-bond acceptors (Lipinski definition) is 5. The molecule has 0 aromatic carbocycles. The number of aromatic nitrogens is 4. The smallest absolute Gasteiger partial charge is 0.331 e. The van der Waals surface area contributed by atoms with E-state index in [1.807, 2.05) is 16.0 Å². The van der Waals surface area contributed by atoms with E-state index in [9.17, 15) is 14.7 Å². The monoisotopic (exact) mass is 333 g/mol. The number of carbonyl (C=O) groups is 2. The summed E-state index contributed by atoms with van der Waals surface area (Å²) in [7, 11) is 0. The molecular weight excluding hydrogens is 318 g/mol. The number of thiazole rings is 1. The molecule has 0 atom stereocenters. The van der Waals surface area contributed by atoms with Gasteiger partial charge >= 0.3 is 5.97 Å². The van der Waals surface area contributed by atoms with Crippen molar-refractivity contribution in [2.75, 3.05) is 5.32 Å². The standard InChI is InChI=1S/C14H15N5O3S/c1-14(2,12(21)22)19-7-9(6-16-19)17-11(20)5-10-8-23-13-15-3-4-18(10)13/h3-4,6-8H,5H2,1-2H3,(H,17,20)(H,21,22). The maximum atomic E-state index is 12.1. The van der Waals surface area contributed by atoms with Crippen molar-refractivity contribution in [2.45, 2.75) is 25.8 Å². The fourth-order valence-electron chi connectivity index (χ4n) is 2.06. The molecule has 3 heterocycles. The third-order valence-electron chi connectivity index (χ3n) is 3.52. The third kappa shape index (κ3) is 2.82. The molecule has 0 spiro atoms. The number of anilines is 1. The van der Waals surface area contributed by atoms with E-state index in [0.29, 0.717) is 5.69 Å². The summed E-state index contributed by atoms with van der Waals surface area (Å²) in [5.74, 6) is -1.20.